The smallest absolute Gasteiger partial charge is 0.305 e. The van der Waals surface area contributed by atoms with Crippen LogP contribution in [0.2, 0.25) is 0 Å². The Kier molecular flexibility index (Phi) is 6.30. The molecule has 0 spiro atoms. The van der Waals surface area contributed by atoms with Crippen molar-refractivity contribution in [2.24, 2.45) is 11.8 Å². The minimum Gasteiger partial charge on any atom is -0.481 e. The van der Waals surface area contributed by atoms with Crippen LogP contribution in [0.4, 0.5) is 0 Å². The van der Waals surface area contributed by atoms with Gasteiger partial charge in [0, 0.05) is 19.6 Å². The summed E-state index contributed by atoms with van der Waals surface area (Å²) in [6.45, 7) is 6.22. The number of likely N-dealkylation sites (tertiary alicyclic amines) is 1. The summed E-state index contributed by atoms with van der Waals surface area (Å²) in [6.07, 6.45) is 8.12. The van der Waals surface area contributed by atoms with Crippen molar-refractivity contribution < 1.29 is 14.6 Å². The first-order valence-corrected chi connectivity index (χ1v) is 8.19. The van der Waals surface area contributed by atoms with Crippen LogP contribution in [0.1, 0.15) is 51.9 Å². The van der Waals surface area contributed by atoms with Crippen LogP contribution in [-0.4, -0.2) is 48.3 Å². The summed E-state index contributed by atoms with van der Waals surface area (Å²) in [6, 6.07) is 0. The minimum absolute atomic E-state index is 0.125. The third-order valence-corrected chi connectivity index (χ3v) is 4.86. The molecule has 20 heavy (non-hydrogen) atoms. The van der Waals surface area contributed by atoms with Gasteiger partial charge >= 0.3 is 5.97 Å². The van der Waals surface area contributed by atoms with E-state index in [1.807, 2.05) is 0 Å². The van der Waals surface area contributed by atoms with Crippen molar-refractivity contribution in [1.82, 2.24) is 4.90 Å². The highest BCUT2D eigenvalue weighted by atomic mass is 16.5. The van der Waals surface area contributed by atoms with E-state index in [4.69, 9.17) is 9.84 Å². The zero-order valence-electron chi connectivity index (χ0n) is 12.7. The molecule has 0 atom stereocenters. The summed E-state index contributed by atoms with van der Waals surface area (Å²) in [4.78, 5) is 13.0. The van der Waals surface area contributed by atoms with Gasteiger partial charge in [-0.15, -0.1) is 0 Å². The van der Waals surface area contributed by atoms with Crippen LogP contribution in [0.3, 0.4) is 0 Å². The van der Waals surface area contributed by atoms with Crippen LogP contribution in [-0.2, 0) is 9.53 Å². The first kappa shape index (κ1) is 15.8. The van der Waals surface area contributed by atoms with Crippen LogP contribution in [0.15, 0.2) is 0 Å². The fraction of sp³-hybridized carbons (Fsp3) is 0.938. The zero-order valence-corrected chi connectivity index (χ0v) is 12.7. The average Bonchev–Trinajstić information content (AvgIpc) is 2.43. The Morgan fingerprint density at radius 1 is 1.15 bits per heavy atom. The molecule has 0 aromatic heterocycles. The van der Waals surface area contributed by atoms with Gasteiger partial charge in [-0.25, -0.2) is 0 Å². The lowest BCUT2D eigenvalue weighted by Gasteiger charge is -2.36. The third-order valence-electron chi connectivity index (χ3n) is 4.86. The van der Waals surface area contributed by atoms with Gasteiger partial charge < -0.3 is 14.7 Å². The fourth-order valence-electron chi connectivity index (χ4n) is 3.45. The Morgan fingerprint density at radius 2 is 1.80 bits per heavy atom. The van der Waals surface area contributed by atoms with E-state index in [1.54, 1.807) is 0 Å². The molecule has 0 aromatic carbocycles. The van der Waals surface area contributed by atoms with Crippen molar-refractivity contribution in [2.45, 2.75) is 58.0 Å². The van der Waals surface area contributed by atoms with Gasteiger partial charge in [0.2, 0.25) is 0 Å². The van der Waals surface area contributed by atoms with E-state index in [9.17, 15) is 4.79 Å². The quantitative estimate of drug-likeness (QED) is 0.814. The highest BCUT2D eigenvalue weighted by molar-refractivity contribution is 5.66. The molecule has 1 saturated carbocycles. The number of carboxylic acid groups (broad SMARTS) is 1. The van der Waals surface area contributed by atoms with Gasteiger partial charge in [0.25, 0.3) is 0 Å². The van der Waals surface area contributed by atoms with Crippen molar-refractivity contribution >= 4 is 5.97 Å². The molecule has 2 fully saturated rings. The molecular weight excluding hydrogens is 254 g/mol. The number of hydrogen-bond acceptors (Lipinski definition) is 3. The number of aliphatic carboxylic acids is 1. The van der Waals surface area contributed by atoms with E-state index >= 15 is 0 Å². The Hall–Kier alpha value is -0.610. The number of piperidine rings is 1. The fourth-order valence-corrected chi connectivity index (χ4v) is 3.45. The lowest BCUT2D eigenvalue weighted by molar-refractivity contribution is -0.138. The van der Waals surface area contributed by atoms with Crippen LogP contribution >= 0.6 is 0 Å². The van der Waals surface area contributed by atoms with E-state index < -0.39 is 5.97 Å². The minimum atomic E-state index is -0.769. The molecular formula is C16H29NO3. The topological polar surface area (TPSA) is 49.8 Å². The molecule has 1 aliphatic carbocycles. The molecule has 2 rings (SSSR count). The molecule has 1 heterocycles. The standard InChI is InChI=1S/C16H29NO3/c1-13-2-4-14(5-3-13)12-17-9-6-15(7-10-17)20-11-8-16(18)19/h13-15H,2-12H2,1H3,(H,18,19). The van der Waals surface area contributed by atoms with Crippen LogP contribution in [0.5, 0.6) is 0 Å². The largest absolute Gasteiger partial charge is 0.481 e. The van der Waals surface area contributed by atoms with Gasteiger partial charge in [-0.05, 0) is 37.5 Å². The van der Waals surface area contributed by atoms with E-state index in [0.717, 1.165) is 37.8 Å². The number of ether oxygens (including phenoxy) is 1. The summed E-state index contributed by atoms with van der Waals surface area (Å²) >= 11 is 0. The molecule has 0 amide bonds. The van der Waals surface area contributed by atoms with Crippen molar-refractivity contribution in [3.05, 3.63) is 0 Å². The van der Waals surface area contributed by atoms with Crippen molar-refractivity contribution in [1.29, 1.82) is 0 Å². The molecule has 0 unspecified atom stereocenters. The lowest BCUT2D eigenvalue weighted by Crippen LogP contribution is -2.40. The summed E-state index contributed by atoms with van der Waals surface area (Å²) < 4.78 is 5.64. The van der Waals surface area contributed by atoms with Gasteiger partial charge in [-0.2, -0.15) is 0 Å². The molecule has 4 heteroatoms. The first-order chi connectivity index (χ1) is 9.63. The molecule has 2 aliphatic rings. The molecule has 116 valence electrons. The van der Waals surface area contributed by atoms with Crippen molar-refractivity contribution in [3.63, 3.8) is 0 Å². The number of rotatable bonds is 6. The maximum atomic E-state index is 10.4. The normalized spacial score (nSPS) is 29.4. The molecule has 1 aliphatic heterocycles. The van der Waals surface area contributed by atoms with Gasteiger partial charge in [-0.1, -0.05) is 19.8 Å². The van der Waals surface area contributed by atoms with Gasteiger partial charge in [0.1, 0.15) is 0 Å². The third kappa shape index (κ3) is 5.41. The van der Waals surface area contributed by atoms with Crippen molar-refractivity contribution in [2.75, 3.05) is 26.2 Å². The predicted octanol–water partition coefficient (Wildman–Crippen LogP) is 2.77. The van der Waals surface area contributed by atoms with E-state index in [2.05, 4.69) is 11.8 Å². The van der Waals surface area contributed by atoms with E-state index in [0.29, 0.717) is 6.61 Å². The maximum absolute atomic E-state index is 10.4. The second-order valence-electron chi connectivity index (χ2n) is 6.64. The molecule has 4 nitrogen and oxygen atoms in total. The number of nitrogens with zero attached hydrogens (tertiary/aromatic N) is 1. The summed E-state index contributed by atoms with van der Waals surface area (Å²) in [5.41, 5.74) is 0. The molecule has 1 N–H and O–H groups in total. The Labute approximate surface area is 122 Å². The second kappa shape index (κ2) is 7.99. The number of hydrogen-bond donors (Lipinski definition) is 1. The summed E-state index contributed by atoms with van der Waals surface area (Å²) in [5, 5.41) is 8.60. The highest BCUT2D eigenvalue weighted by Gasteiger charge is 2.24. The molecule has 1 saturated heterocycles. The number of carboxylic acids is 1. The first-order valence-electron chi connectivity index (χ1n) is 8.19. The van der Waals surface area contributed by atoms with Crippen LogP contribution < -0.4 is 0 Å². The Bertz CT molecular complexity index is 292. The Morgan fingerprint density at radius 3 is 2.40 bits per heavy atom. The maximum Gasteiger partial charge on any atom is 0.305 e. The lowest BCUT2D eigenvalue weighted by atomic mass is 9.82. The van der Waals surface area contributed by atoms with Gasteiger partial charge in [0.05, 0.1) is 19.1 Å². The monoisotopic (exact) mass is 283 g/mol. The molecule has 0 aromatic rings. The van der Waals surface area contributed by atoms with Crippen LogP contribution in [0.25, 0.3) is 0 Å². The second-order valence-corrected chi connectivity index (χ2v) is 6.64. The molecule has 0 bridgehead atoms. The van der Waals surface area contributed by atoms with Crippen molar-refractivity contribution in [3.8, 4) is 0 Å². The summed E-state index contributed by atoms with van der Waals surface area (Å²) in [7, 11) is 0. The average molecular weight is 283 g/mol. The SMILES string of the molecule is CC1CCC(CN2CCC(OCCC(=O)O)CC2)CC1. The van der Waals surface area contributed by atoms with Crippen LogP contribution in [0, 0.1) is 11.8 Å². The van der Waals surface area contributed by atoms with E-state index in [-0.39, 0.29) is 12.5 Å². The number of carbonyl (C=O) groups is 1. The molecule has 0 radical (unpaired) electrons. The highest BCUT2D eigenvalue weighted by Crippen LogP contribution is 2.29. The zero-order chi connectivity index (χ0) is 14.4. The van der Waals surface area contributed by atoms with Gasteiger partial charge in [-0.3, -0.25) is 4.79 Å². The Balaban J connectivity index is 1.58. The van der Waals surface area contributed by atoms with Gasteiger partial charge in [0.15, 0.2) is 0 Å². The predicted molar refractivity (Wildman–Crippen MR) is 78.8 cm³/mol. The van der Waals surface area contributed by atoms with E-state index in [1.165, 1.54) is 32.2 Å². The summed E-state index contributed by atoms with van der Waals surface area (Å²) in [5.74, 6) is 1.06.